The van der Waals surface area contributed by atoms with Crippen molar-refractivity contribution < 1.29 is 24.2 Å². The molecule has 0 spiro atoms. The molecule has 0 aliphatic carbocycles. The highest BCUT2D eigenvalue weighted by Crippen LogP contribution is 2.15. The van der Waals surface area contributed by atoms with E-state index in [4.69, 9.17) is 14.6 Å². The molecule has 2 aromatic rings. The number of carbonyl (C=O) groups excluding carboxylic acids is 1. The lowest BCUT2D eigenvalue weighted by atomic mass is 10.1. The molecule has 1 heterocycles. The predicted octanol–water partition coefficient (Wildman–Crippen LogP) is 1.42. The molecule has 25 heavy (non-hydrogen) atoms. The van der Waals surface area contributed by atoms with E-state index in [-0.39, 0.29) is 32.1 Å². The summed E-state index contributed by atoms with van der Waals surface area (Å²) in [5.74, 6) is -0.517. The first-order valence-corrected chi connectivity index (χ1v) is 7.80. The zero-order valence-corrected chi connectivity index (χ0v) is 13.7. The number of ether oxygens (including phenoxy) is 2. The third kappa shape index (κ3) is 7.45. The Labute approximate surface area is 145 Å². The molecule has 2 N–H and O–H groups in total. The van der Waals surface area contributed by atoms with Crippen molar-refractivity contribution in [1.82, 2.24) is 10.3 Å². The molecule has 0 saturated heterocycles. The number of carbonyl (C=O) groups is 2. The average molecular weight is 344 g/mol. The molecule has 0 unspecified atom stereocenters. The summed E-state index contributed by atoms with van der Waals surface area (Å²) in [5.41, 5.74) is 1.79. The molecular weight excluding hydrogens is 324 g/mol. The van der Waals surface area contributed by atoms with Gasteiger partial charge in [0.25, 0.3) is 0 Å². The summed E-state index contributed by atoms with van der Waals surface area (Å²) < 4.78 is 10.6. The fourth-order valence-corrected chi connectivity index (χ4v) is 2.07. The molecule has 7 heteroatoms. The van der Waals surface area contributed by atoms with Crippen LogP contribution in [0.5, 0.6) is 5.75 Å². The minimum absolute atomic E-state index is 0.159. The highest BCUT2D eigenvalue weighted by atomic mass is 16.5. The van der Waals surface area contributed by atoms with E-state index in [1.54, 1.807) is 12.4 Å². The van der Waals surface area contributed by atoms with Gasteiger partial charge in [0.1, 0.15) is 19.0 Å². The Morgan fingerprint density at radius 2 is 2.00 bits per heavy atom. The van der Waals surface area contributed by atoms with Gasteiger partial charge in [0.05, 0.1) is 13.0 Å². The molecule has 0 saturated carbocycles. The maximum Gasteiger partial charge on any atom is 0.329 e. The van der Waals surface area contributed by atoms with E-state index in [1.807, 2.05) is 36.4 Å². The van der Waals surface area contributed by atoms with Gasteiger partial charge in [0.15, 0.2) is 0 Å². The smallest absolute Gasteiger partial charge is 0.329 e. The fourth-order valence-electron chi connectivity index (χ4n) is 2.07. The third-order valence-corrected chi connectivity index (χ3v) is 3.19. The van der Waals surface area contributed by atoms with Crippen LogP contribution in [0.25, 0.3) is 0 Å². The van der Waals surface area contributed by atoms with E-state index in [2.05, 4.69) is 10.3 Å². The van der Waals surface area contributed by atoms with Crippen molar-refractivity contribution in [3.8, 4) is 5.75 Å². The Kier molecular flexibility index (Phi) is 7.40. The highest BCUT2D eigenvalue weighted by Gasteiger charge is 2.05. The maximum atomic E-state index is 11.9. The number of nitrogens with zero attached hydrogens (tertiary/aromatic N) is 1. The van der Waals surface area contributed by atoms with Crippen LogP contribution in [0, 0.1) is 0 Å². The number of hydrogen-bond donors (Lipinski definition) is 2. The van der Waals surface area contributed by atoms with Crippen molar-refractivity contribution in [1.29, 1.82) is 0 Å². The molecule has 0 atom stereocenters. The number of aromatic nitrogens is 1. The van der Waals surface area contributed by atoms with Gasteiger partial charge in [-0.3, -0.25) is 9.78 Å². The Morgan fingerprint density at radius 3 is 2.76 bits per heavy atom. The first kappa shape index (κ1) is 18.4. The molecular formula is C18H20N2O5. The van der Waals surface area contributed by atoms with Gasteiger partial charge >= 0.3 is 5.97 Å². The van der Waals surface area contributed by atoms with Crippen LogP contribution in [0.3, 0.4) is 0 Å². The van der Waals surface area contributed by atoms with Crippen molar-refractivity contribution in [2.75, 3.05) is 19.8 Å². The quantitative estimate of drug-likeness (QED) is 0.633. The van der Waals surface area contributed by atoms with Gasteiger partial charge in [-0.15, -0.1) is 0 Å². The molecule has 7 nitrogen and oxygen atoms in total. The van der Waals surface area contributed by atoms with Crippen LogP contribution in [0.4, 0.5) is 0 Å². The number of carboxylic acids is 1. The number of benzene rings is 1. The molecule has 1 aromatic carbocycles. The second kappa shape index (κ2) is 10.0. The normalized spacial score (nSPS) is 10.2. The summed E-state index contributed by atoms with van der Waals surface area (Å²) in [6, 6.07) is 11.1. The second-order valence-corrected chi connectivity index (χ2v) is 5.27. The lowest BCUT2D eigenvalue weighted by Crippen LogP contribution is -2.29. The minimum atomic E-state index is -1.03. The summed E-state index contributed by atoms with van der Waals surface area (Å²) in [5, 5.41) is 11.1. The van der Waals surface area contributed by atoms with Gasteiger partial charge in [-0.05, 0) is 23.8 Å². The zero-order valence-electron chi connectivity index (χ0n) is 13.7. The predicted molar refractivity (Wildman–Crippen MR) is 90.2 cm³/mol. The number of nitrogens with one attached hydrogen (secondary N) is 1. The van der Waals surface area contributed by atoms with Crippen LogP contribution in [0.1, 0.15) is 11.1 Å². The van der Waals surface area contributed by atoms with Crippen LogP contribution < -0.4 is 10.1 Å². The SMILES string of the molecule is O=C(O)COCCNC(=O)Cc1cccc(OCc2cccnc2)c1. The van der Waals surface area contributed by atoms with Gasteiger partial charge in [-0.1, -0.05) is 18.2 Å². The standard InChI is InChI=1S/C18H20N2O5/c21-17(20-7-8-24-13-18(22)23)10-14-3-1-5-16(9-14)25-12-15-4-2-6-19-11-15/h1-6,9,11H,7-8,10,12-13H2,(H,20,21)(H,22,23). The van der Waals surface area contributed by atoms with E-state index < -0.39 is 5.97 Å². The minimum Gasteiger partial charge on any atom is -0.489 e. The molecule has 0 aliphatic rings. The Hall–Kier alpha value is -2.93. The van der Waals surface area contributed by atoms with E-state index in [0.717, 1.165) is 11.1 Å². The van der Waals surface area contributed by atoms with Gasteiger partial charge in [0.2, 0.25) is 5.91 Å². The Balaban J connectivity index is 1.74. The summed E-state index contributed by atoms with van der Waals surface area (Å²) >= 11 is 0. The summed E-state index contributed by atoms with van der Waals surface area (Å²) in [6.45, 7) is 0.464. The number of hydrogen-bond acceptors (Lipinski definition) is 5. The number of aliphatic carboxylic acids is 1. The topological polar surface area (TPSA) is 97.8 Å². The molecule has 132 valence electrons. The molecule has 2 rings (SSSR count). The van der Waals surface area contributed by atoms with Crippen LogP contribution in [0.15, 0.2) is 48.8 Å². The number of carboxylic acid groups (broad SMARTS) is 1. The van der Waals surface area contributed by atoms with Gasteiger partial charge in [0, 0.05) is 24.5 Å². The third-order valence-electron chi connectivity index (χ3n) is 3.19. The number of pyridine rings is 1. The van der Waals surface area contributed by atoms with Crippen LogP contribution in [-0.4, -0.2) is 41.7 Å². The summed E-state index contributed by atoms with van der Waals surface area (Å²) in [4.78, 5) is 26.2. The summed E-state index contributed by atoms with van der Waals surface area (Å²) in [7, 11) is 0. The van der Waals surface area contributed by atoms with E-state index in [1.165, 1.54) is 0 Å². The van der Waals surface area contributed by atoms with E-state index in [0.29, 0.717) is 12.4 Å². The summed E-state index contributed by atoms with van der Waals surface area (Å²) in [6.07, 6.45) is 3.65. The maximum absolute atomic E-state index is 11.9. The zero-order chi connectivity index (χ0) is 17.9. The largest absolute Gasteiger partial charge is 0.489 e. The van der Waals surface area contributed by atoms with Crippen molar-refractivity contribution in [3.05, 3.63) is 59.9 Å². The average Bonchev–Trinajstić information content (AvgIpc) is 2.60. The van der Waals surface area contributed by atoms with Crippen LogP contribution >= 0.6 is 0 Å². The number of amides is 1. The monoisotopic (exact) mass is 344 g/mol. The molecule has 0 radical (unpaired) electrons. The van der Waals surface area contributed by atoms with Crippen LogP contribution in [-0.2, 0) is 27.4 Å². The molecule has 0 fully saturated rings. The molecule has 0 bridgehead atoms. The Morgan fingerprint density at radius 1 is 1.16 bits per heavy atom. The molecule has 1 aromatic heterocycles. The second-order valence-electron chi connectivity index (χ2n) is 5.27. The van der Waals surface area contributed by atoms with Gasteiger partial charge < -0.3 is 19.9 Å². The first-order valence-electron chi connectivity index (χ1n) is 7.80. The van der Waals surface area contributed by atoms with Crippen molar-refractivity contribution >= 4 is 11.9 Å². The van der Waals surface area contributed by atoms with Gasteiger partial charge in [-0.2, -0.15) is 0 Å². The van der Waals surface area contributed by atoms with Crippen molar-refractivity contribution in [2.45, 2.75) is 13.0 Å². The molecule has 1 amide bonds. The molecule has 0 aliphatic heterocycles. The lowest BCUT2D eigenvalue weighted by Gasteiger charge is -2.09. The van der Waals surface area contributed by atoms with Crippen molar-refractivity contribution in [2.24, 2.45) is 0 Å². The Bertz CT molecular complexity index is 691. The number of rotatable bonds is 10. The van der Waals surface area contributed by atoms with E-state index in [9.17, 15) is 9.59 Å². The highest BCUT2D eigenvalue weighted by molar-refractivity contribution is 5.78. The first-order chi connectivity index (χ1) is 12.1. The lowest BCUT2D eigenvalue weighted by molar-refractivity contribution is -0.142. The van der Waals surface area contributed by atoms with Crippen LogP contribution in [0.2, 0.25) is 0 Å². The fraction of sp³-hybridized carbons (Fsp3) is 0.278. The van der Waals surface area contributed by atoms with Gasteiger partial charge in [-0.25, -0.2) is 4.79 Å². The van der Waals surface area contributed by atoms with E-state index >= 15 is 0 Å². The van der Waals surface area contributed by atoms with Crippen molar-refractivity contribution in [3.63, 3.8) is 0 Å².